The summed E-state index contributed by atoms with van der Waals surface area (Å²) in [5, 5.41) is 5.60. The van der Waals surface area contributed by atoms with Crippen LogP contribution in [-0.2, 0) is 29.6 Å². The van der Waals surface area contributed by atoms with Gasteiger partial charge in [-0.1, -0.05) is 36.4 Å². The number of rotatable bonds is 6. The zero-order valence-electron chi connectivity index (χ0n) is 18.4. The maximum Gasteiger partial charge on any atom is 0.313 e. The average molecular weight is 449 g/mol. The third kappa shape index (κ3) is 4.89. The number of nitrogens with one attached hydrogen (secondary N) is 2. The number of fused-ring (bicyclic) bond motifs is 1. The second kappa shape index (κ2) is 10.1. The zero-order chi connectivity index (χ0) is 22.5. The van der Waals surface area contributed by atoms with E-state index < -0.39 is 11.8 Å². The summed E-state index contributed by atoms with van der Waals surface area (Å²) in [6.45, 7) is 2.07. The lowest BCUT2D eigenvalue weighted by atomic mass is 9.98. The summed E-state index contributed by atoms with van der Waals surface area (Å²) in [5.41, 5.74) is 4.45. The summed E-state index contributed by atoms with van der Waals surface area (Å²) in [4.78, 5) is 28.5. The Morgan fingerprint density at radius 3 is 2.50 bits per heavy atom. The standard InChI is InChI=1S/C25H28N4O2S/c1-28-14-7-11-21(28)22(29-15-13-18-8-3-4-9-19(18)17-29)16-26-24(30)25(31)27-20-10-5-6-12-23(20)32-2/h3-12,14,22H,13,15-17H2,1-2H3,(H,26,30)(H,27,31)/t22-/m0/s1. The van der Waals surface area contributed by atoms with E-state index in [1.165, 1.54) is 22.9 Å². The van der Waals surface area contributed by atoms with Gasteiger partial charge in [0.25, 0.3) is 0 Å². The van der Waals surface area contributed by atoms with Gasteiger partial charge in [-0.05, 0) is 48.1 Å². The first-order chi connectivity index (χ1) is 15.6. The number of aryl methyl sites for hydroxylation is 1. The number of carbonyl (C=O) groups is 2. The van der Waals surface area contributed by atoms with Crippen LogP contribution in [0.5, 0.6) is 0 Å². The van der Waals surface area contributed by atoms with Gasteiger partial charge in [0.05, 0.1) is 11.7 Å². The summed E-state index contributed by atoms with van der Waals surface area (Å²) in [7, 11) is 2.01. The molecule has 2 N–H and O–H groups in total. The van der Waals surface area contributed by atoms with Gasteiger partial charge in [0.15, 0.2) is 0 Å². The molecule has 166 valence electrons. The Kier molecular flexibility index (Phi) is 6.97. The van der Waals surface area contributed by atoms with Crippen LogP contribution in [0.4, 0.5) is 5.69 Å². The van der Waals surface area contributed by atoms with Crippen LogP contribution < -0.4 is 10.6 Å². The second-order valence-electron chi connectivity index (χ2n) is 7.91. The van der Waals surface area contributed by atoms with Gasteiger partial charge in [-0.15, -0.1) is 11.8 Å². The van der Waals surface area contributed by atoms with Gasteiger partial charge < -0.3 is 15.2 Å². The number of hydrogen-bond acceptors (Lipinski definition) is 4. The molecule has 0 saturated carbocycles. The SMILES string of the molecule is CSc1ccccc1NC(=O)C(=O)NC[C@@H](c1cccn1C)N1CCc2ccccc2C1. The first-order valence-corrected chi connectivity index (χ1v) is 11.9. The van der Waals surface area contributed by atoms with Gasteiger partial charge in [-0.25, -0.2) is 0 Å². The summed E-state index contributed by atoms with van der Waals surface area (Å²) in [5.74, 6) is -1.28. The number of anilines is 1. The molecule has 32 heavy (non-hydrogen) atoms. The van der Waals surface area contributed by atoms with E-state index in [2.05, 4.69) is 50.4 Å². The smallest absolute Gasteiger partial charge is 0.313 e. The molecule has 1 aromatic heterocycles. The molecule has 7 heteroatoms. The molecule has 1 aliphatic heterocycles. The van der Waals surface area contributed by atoms with Crippen molar-refractivity contribution in [3.63, 3.8) is 0 Å². The molecule has 1 aliphatic rings. The van der Waals surface area contributed by atoms with E-state index in [4.69, 9.17) is 0 Å². The summed E-state index contributed by atoms with van der Waals surface area (Å²) < 4.78 is 2.08. The first kappa shape index (κ1) is 22.2. The molecule has 1 atom stereocenters. The molecule has 0 saturated heterocycles. The molecule has 0 fully saturated rings. The van der Waals surface area contributed by atoms with Crippen molar-refractivity contribution in [1.29, 1.82) is 0 Å². The average Bonchev–Trinajstić information content (AvgIpc) is 3.24. The lowest BCUT2D eigenvalue weighted by Crippen LogP contribution is -2.44. The number of carbonyl (C=O) groups excluding carboxylic acids is 2. The number of thioether (sulfide) groups is 1. The Hall–Kier alpha value is -3.03. The van der Waals surface area contributed by atoms with Crippen LogP contribution in [0.15, 0.2) is 71.8 Å². The normalized spacial score (nSPS) is 14.4. The van der Waals surface area contributed by atoms with Crippen molar-refractivity contribution < 1.29 is 9.59 Å². The van der Waals surface area contributed by atoms with E-state index in [9.17, 15) is 9.59 Å². The van der Waals surface area contributed by atoms with Crippen molar-refractivity contribution in [3.8, 4) is 0 Å². The fourth-order valence-electron chi connectivity index (χ4n) is 4.22. The van der Waals surface area contributed by atoms with E-state index in [0.29, 0.717) is 12.2 Å². The van der Waals surface area contributed by atoms with Crippen LogP contribution in [0, 0.1) is 0 Å². The summed E-state index contributed by atoms with van der Waals surface area (Å²) in [6.07, 6.45) is 4.91. The Bertz CT molecular complexity index is 1110. The largest absolute Gasteiger partial charge is 0.353 e. The third-order valence-corrected chi connectivity index (χ3v) is 6.74. The van der Waals surface area contributed by atoms with Crippen LogP contribution in [0.1, 0.15) is 22.9 Å². The third-order valence-electron chi connectivity index (χ3n) is 5.94. The molecule has 0 radical (unpaired) electrons. The number of hydrogen-bond donors (Lipinski definition) is 2. The van der Waals surface area contributed by atoms with Gasteiger partial charge in [0.2, 0.25) is 0 Å². The maximum atomic E-state index is 12.6. The van der Waals surface area contributed by atoms with Crippen molar-refractivity contribution in [1.82, 2.24) is 14.8 Å². The van der Waals surface area contributed by atoms with Gasteiger partial charge in [0, 0.05) is 43.5 Å². The summed E-state index contributed by atoms with van der Waals surface area (Å²) >= 11 is 1.52. The summed E-state index contributed by atoms with van der Waals surface area (Å²) in [6, 6.07) is 20.0. The molecule has 0 aliphatic carbocycles. The molecule has 4 rings (SSSR count). The van der Waals surface area contributed by atoms with Crippen LogP contribution >= 0.6 is 11.8 Å². The van der Waals surface area contributed by atoms with E-state index in [1.807, 2.05) is 43.8 Å². The van der Waals surface area contributed by atoms with Gasteiger partial charge >= 0.3 is 11.8 Å². The molecule has 2 heterocycles. The Balaban J connectivity index is 1.46. The molecule has 2 amide bonds. The predicted octanol–water partition coefficient (Wildman–Crippen LogP) is 3.60. The number of aromatic nitrogens is 1. The number of amides is 2. The number of para-hydroxylation sites is 1. The molecule has 6 nitrogen and oxygen atoms in total. The maximum absolute atomic E-state index is 12.6. The molecular weight excluding hydrogens is 420 g/mol. The van der Waals surface area contributed by atoms with Crippen molar-refractivity contribution in [3.05, 3.63) is 83.7 Å². The van der Waals surface area contributed by atoms with E-state index in [1.54, 1.807) is 6.07 Å². The Morgan fingerprint density at radius 1 is 1.00 bits per heavy atom. The minimum Gasteiger partial charge on any atom is -0.353 e. The second-order valence-corrected chi connectivity index (χ2v) is 8.76. The van der Waals surface area contributed by atoms with Crippen molar-refractivity contribution in [2.45, 2.75) is 23.9 Å². The highest BCUT2D eigenvalue weighted by molar-refractivity contribution is 7.98. The predicted molar refractivity (Wildman–Crippen MR) is 129 cm³/mol. The monoisotopic (exact) mass is 448 g/mol. The lowest BCUT2D eigenvalue weighted by molar-refractivity contribution is -0.136. The minimum atomic E-state index is -0.652. The van der Waals surface area contributed by atoms with Gasteiger partial charge in [0.1, 0.15) is 0 Å². The molecular formula is C25H28N4O2S. The van der Waals surface area contributed by atoms with Crippen LogP contribution in [0.25, 0.3) is 0 Å². The lowest BCUT2D eigenvalue weighted by Gasteiger charge is -2.36. The number of benzene rings is 2. The van der Waals surface area contributed by atoms with Crippen molar-refractivity contribution in [2.24, 2.45) is 7.05 Å². The first-order valence-electron chi connectivity index (χ1n) is 10.7. The minimum absolute atomic E-state index is 0.0291. The fourth-order valence-corrected chi connectivity index (χ4v) is 4.78. The molecule has 0 bridgehead atoms. The Morgan fingerprint density at radius 2 is 1.75 bits per heavy atom. The van der Waals surface area contributed by atoms with Crippen molar-refractivity contribution in [2.75, 3.05) is 24.7 Å². The highest BCUT2D eigenvalue weighted by atomic mass is 32.2. The molecule has 0 unspecified atom stereocenters. The van der Waals surface area contributed by atoms with Crippen molar-refractivity contribution >= 4 is 29.3 Å². The molecule has 3 aromatic rings. The van der Waals surface area contributed by atoms with E-state index >= 15 is 0 Å². The fraction of sp³-hybridized carbons (Fsp3) is 0.280. The van der Waals surface area contributed by atoms with Gasteiger partial charge in [-0.2, -0.15) is 0 Å². The molecule has 2 aromatic carbocycles. The molecule has 0 spiro atoms. The number of nitrogens with zero attached hydrogens (tertiary/aromatic N) is 2. The topological polar surface area (TPSA) is 66.4 Å². The highest BCUT2D eigenvalue weighted by Crippen LogP contribution is 2.28. The van der Waals surface area contributed by atoms with Crippen LogP contribution in [0.3, 0.4) is 0 Å². The van der Waals surface area contributed by atoms with Crippen LogP contribution in [-0.4, -0.2) is 40.6 Å². The highest BCUT2D eigenvalue weighted by Gasteiger charge is 2.27. The van der Waals surface area contributed by atoms with E-state index in [-0.39, 0.29) is 6.04 Å². The Labute approximate surface area is 193 Å². The quantitative estimate of drug-likeness (QED) is 0.447. The zero-order valence-corrected chi connectivity index (χ0v) is 19.2. The van der Waals surface area contributed by atoms with E-state index in [0.717, 1.165) is 30.1 Å². The van der Waals surface area contributed by atoms with Crippen LogP contribution in [0.2, 0.25) is 0 Å². The van der Waals surface area contributed by atoms with Gasteiger partial charge in [-0.3, -0.25) is 14.5 Å².